The molecule has 1 heterocycles. The molecule has 0 aliphatic rings. The molecule has 0 radical (unpaired) electrons. The van der Waals surface area contributed by atoms with Crippen LogP contribution < -0.4 is 11.3 Å². The van der Waals surface area contributed by atoms with Crippen LogP contribution in [0.25, 0.3) is 0 Å². The zero-order valence-electron chi connectivity index (χ0n) is 12.6. The molecule has 2 aromatic rings. The van der Waals surface area contributed by atoms with Crippen LogP contribution in [0.4, 0.5) is 5.69 Å². The van der Waals surface area contributed by atoms with Crippen molar-refractivity contribution < 1.29 is 4.79 Å². The number of amides is 1. The van der Waals surface area contributed by atoms with Crippen LogP contribution >= 0.6 is 0 Å². The number of carbonyl (C=O) groups is 1. The fraction of sp³-hybridized carbons (Fsp3) is 0.250. The van der Waals surface area contributed by atoms with Crippen LogP contribution in [0.15, 0.2) is 36.4 Å². The molecule has 2 rings (SSSR count). The van der Waals surface area contributed by atoms with Gasteiger partial charge in [-0.05, 0) is 49.7 Å². The van der Waals surface area contributed by atoms with E-state index in [4.69, 9.17) is 5.84 Å². The largest absolute Gasteiger partial charge is 0.336 e. The summed E-state index contributed by atoms with van der Waals surface area (Å²) in [4.78, 5) is 18.6. The number of nitrogens with zero attached hydrogens (tertiary/aromatic N) is 2. The van der Waals surface area contributed by atoms with Gasteiger partial charge in [0, 0.05) is 24.0 Å². The molecule has 0 bridgehead atoms. The van der Waals surface area contributed by atoms with Crippen molar-refractivity contribution in [2.75, 3.05) is 12.5 Å². The van der Waals surface area contributed by atoms with Crippen molar-refractivity contribution in [3.8, 4) is 0 Å². The number of benzene rings is 1. The normalized spacial score (nSPS) is 10.3. The maximum absolute atomic E-state index is 12.5. The molecule has 21 heavy (non-hydrogen) atoms. The maximum atomic E-state index is 12.5. The first kappa shape index (κ1) is 15.0. The summed E-state index contributed by atoms with van der Waals surface area (Å²) in [5, 5.41) is 0. The number of hydrogen-bond donors (Lipinski definition) is 2. The lowest BCUT2D eigenvalue weighted by molar-refractivity contribution is 0.0782. The van der Waals surface area contributed by atoms with Crippen LogP contribution in [0.1, 0.15) is 27.3 Å². The Bertz CT molecular complexity index is 654. The molecule has 5 heteroatoms. The molecule has 0 spiro atoms. The Morgan fingerprint density at radius 1 is 1.29 bits per heavy atom. The van der Waals surface area contributed by atoms with Crippen molar-refractivity contribution in [1.29, 1.82) is 0 Å². The monoisotopic (exact) mass is 284 g/mol. The first-order chi connectivity index (χ1) is 10.0. The molecule has 3 N–H and O–H groups in total. The number of nitrogen functional groups attached to an aromatic ring is 1. The number of rotatable bonds is 4. The van der Waals surface area contributed by atoms with Crippen LogP contribution in [0.5, 0.6) is 0 Å². The molecule has 0 aliphatic carbocycles. The van der Waals surface area contributed by atoms with Crippen molar-refractivity contribution in [2.45, 2.75) is 20.4 Å². The molecule has 1 aromatic carbocycles. The highest BCUT2D eigenvalue weighted by molar-refractivity contribution is 5.95. The summed E-state index contributed by atoms with van der Waals surface area (Å²) in [7, 11) is 1.78. The summed E-state index contributed by atoms with van der Waals surface area (Å²) < 4.78 is 0. The van der Waals surface area contributed by atoms with Gasteiger partial charge in [-0.1, -0.05) is 6.07 Å². The summed E-state index contributed by atoms with van der Waals surface area (Å²) in [6.45, 7) is 4.32. The van der Waals surface area contributed by atoms with Gasteiger partial charge in [-0.3, -0.25) is 15.6 Å². The Morgan fingerprint density at radius 2 is 2.05 bits per heavy atom. The third-order valence-corrected chi connectivity index (χ3v) is 3.32. The van der Waals surface area contributed by atoms with Crippen molar-refractivity contribution in [3.05, 3.63) is 58.9 Å². The Hall–Kier alpha value is -2.40. The van der Waals surface area contributed by atoms with Gasteiger partial charge >= 0.3 is 0 Å². The molecule has 0 fully saturated rings. The van der Waals surface area contributed by atoms with Gasteiger partial charge in [0.05, 0.1) is 12.2 Å². The van der Waals surface area contributed by atoms with E-state index in [2.05, 4.69) is 10.4 Å². The van der Waals surface area contributed by atoms with E-state index in [-0.39, 0.29) is 5.91 Å². The third kappa shape index (κ3) is 3.58. The van der Waals surface area contributed by atoms with Gasteiger partial charge < -0.3 is 10.3 Å². The number of hydrazine groups is 1. The molecule has 1 amide bonds. The molecule has 0 aliphatic heterocycles. The van der Waals surface area contributed by atoms with Gasteiger partial charge in [0.25, 0.3) is 5.91 Å². The minimum absolute atomic E-state index is 0.0284. The second-order valence-electron chi connectivity index (χ2n) is 5.11. The molecule has 110 valence electrons. The van der Waals surface area contributed by atoms with E-state index in [1.807, 2.05) is 38.1 Å². The molecular formula is C16H20N4O. The van der Waals surface area contributed by atoms with Crippen molar-refractivity contribution in [3.63, 3.8) is 0 Å². The third-order valence-electron chi connectivity index (χ3n) is 3.32. The molecule has 1 aromatic heterocycles. The number of aromatic nitrogens is 1. The fourth-order valence-electron chi connectivity index (χ4n) is 2.20. The minimum Gasteiger partial charge on any atom is -0.336 e. The smallest absolute Gasteiger partial charge is 0.254 e. The lowest BCUT2D eigenvalue weighted by Gasteiger charge is -2.18. The van der Waals surface area contributed by atoms with Gasteiger partial charge in [-0.25, -0.2) is 0 Å². The van der Waals surface area contributed by atoms with E-state index in [1.54, 1.807) is 24.1 Å². The van der Waals surface area contributed by atoms with Crippen molar-refractivity contribution in [1.82, 2.24) is 9.88 Å². The molecular weight excluding hydrogens is 264 g/mol. The van der Waals surface area contributed by atoms with Gasteiger partial charge in [0.1, 0.15) is 0 Å². The van der Waals surface area contributed by atoms with Crippen molar-refractivity contribution >= 4 is 11.6 Å². The standard InChI is InChI=1S/C16H20N4O/c1-11-9-13(19-17)7-8-15(11)16(21)20(3)10-14-6-4-5-12(2)18-14/h4-9,19H,10,17H2,1-3H3. The average Bonchev–Trinajstić information content (AvgIpc) is 2.46. The highest BCUT2D eigenvalue weighted by Gasteiger charge is 2.15. The van der Waals surface area contributed by atoms with Gasteiger partial charge in [-0.2, -0.15) is 0 Å². The SMILES string of the molecule is Cc1cccc(CN(C)C(=O)c2ccc(NN)cc2C)n1. The summed E-state index contributed by atoms with van der Waals surface area (Å²) >= 11 is 0. The maximum Gasteiger partial charge on any atom is 0.254 e. The number of nitrogens with two attached hydrogens (primary N) is 1. The topological polar surface area (TPSA) is 71.2 Å². The molecule has 0 unspecified atom stereocenters. The fourth-order valence-corrected chi connectivity index (χ4v) is 2.20. The lowest BCUT2D eigenvalue weighted by Crippen LogP contribution is -2.27. The van der Waals surface area contributed by atoms with Gasteiger partial charge in [0.15, 0.2) is 0 Å². The summed E-state index contributed by atoms with van der Waals surface area (Å²) in [5.74, 6) is 5.34. The van der Waals surface area contributed by atoms with E-state index in [1.165, 1.54) is 0 Å². The van der Waals surface area contributed by atoms with Crippen LogP contribution in [0.3, 0.4) is 0 Å². The van der Waals surface area contributed by atoms with Crippen molar-refractivity contribution in [2.24, 2.45) is 5.84 Å². The van der Waals surface area contributed by atoms with E-state index in [0.717, 1.165) is 22.6 Å². The summed E-state index contributed by atoms with van der Waals surface area (Å²) in [6.07, 6.45) is 0. The first-order valence-corrected chi connectivity index (χ1v) is 6.76. The second-order valence-corrected chi connectivity index (χ2v) is 5.11. The number of nitrogens with one attached hydrogen (secondary N) is 1. The van der Waals surface area contributed by atoms with E-state index < -0.39 is 0 Å². The Labute approximate surface area is 124 Å². The molecule has 0 saturated carbocycles. The molecule has 0 saturated heterocycles. The summed E-state index contributed by atoms with van der Waals surface area (Å²) in [5.41, 5.74) is 6.74. The highest BCUT2D eigenvalue weighted by Crippen LogP contribution is 2.16. The Kier molecular flexibility index (Phi) is 4.55. The number of anilines is 1. The Balaban J connectivity index is 2.15. The van der Waals surface area contributed by atoms with Gasteiger partial charge in [-0.15, -0.1) is 0 Å². The quantitative estimate of drug-likeness (QED) is 0.667. The van der Waals surface area contributed by atoms with E-state index >= 15 is 0 Å². The van der Waals surface area contributed by atoms with Crippen LogP contribution in [-0.2, 0) is 6.54 Å². The number of carbonyl (C=O) groups excluding carboxylic acids is 1. The average molecular weight is 284 g/mol. The number of hydrogen-bond acceptors (Lipinski definition) is 4. The van der Waals surface area contributed by atoms with Crippen LogP contribution in [0, 0.1) is 13.8 Å². The lowest BCUT2D eigenvalue weighted by atomic mass is 10.1. The second kappa shape index (κ2) is 6.37. The summed E-state index contributed by atoms with van der Waals surface area (Å²) in [6, 6.07) is 11.2. The zero-order valence-corrected chi connectivity index (χ0v) is 12.6. The predicted octanol–water partition coefficient (Wildman–Crippen LogP) is 2.26. The predicted molar refractivity (Wildman–Crippen MR) is 83.8 cm³/mol. The Morgan fingerprint density at radius 3 is 2.67 bits per heavy atom. The van der Waals surface area contributed by atoms with Gasteiger partial charge in [0.2, 0.25) is 0 Å². The van der Waals surface area contributed by atoms with E-state index in [9.17, 15) is 4.79 Å². The molecule has 5 nitrogen and oxygen atoms in total. The number of aryl methyl sites for hydroxylation is 2. The minimum atomic E-state index is -0.0284. The van der Waals surface area contributed by atoms with Crippen LogP contribution in [0.2, 0.25) is 0 Å². The van der Waals surface area contributed by atoms with E-state index in [0.29, 0.717) is 12.1 Å². The zero-order chi connectivity index (χ0) is 15.4. The highest BCUT2D eigenvalue weighted by atomic mass is 16.2. The molecule has 0 atom stereocenters. The number of pyridine rings is 1. The first-order valence-electron chi connectivity index (χ1n) is 6.76. The van der Waals surface area contributed by atoms with Crippen LogP contribution in [-0.4, -0.2) is 22.8 Å².